The average molecular weight is 296 g/mol. The van der Waals surface area contributed by atoms with Crippen LogP contribution in [0.5, 0.6) is 5.75 Å². The fourth-order valence-corrected chi connectivity index (χ4v) is 1.52. The van der Waals surface area contributed by atoms with E-state index >= 15 is 0 Å². The van der Waals surface area contributed by atoms with E-state index < -0.39 is 24.0 Å². The monoisotopic (exact) mass is 295 g/mol. The molecule has 0 aliphatic carbocycles. The minimum atomic E-state index is -4.92. The number of carbonyl (C=O) groups excluding carboxylic acids is 1. The minimum absolute atomic E-state index is 0.142. The van der Waals surface area contributed by atoms with E-state index in [0.29, 0.717) is 5.56 Å². The first-order chi connectivity index (χ1) is 8.60. The summed E-state index contributed by atoms with van der Waals surface area (Å²) in [5.41, 5.74) is 10.2. The number of ether oxygens (including phenoxy) is 1. The Morgan fingerprint density at radius 3 is 2.42 bits per heavy atom. The number of amides is 1. The fraction of sp³-hybridized carbons (Fsp3) is 0.200. The number of alkyl halides is 3. The zero-order chi connectivity index (χ0) is 14.8. The molecule has 1 aromatic carbocycles. The topological polar surface area (TPSA) is 90.7 Å². The van der Waals surface area contributed by atoms with Crippen LogP contribution >= 0.6 is 11.6 Å². The molecule has 0 unspecified atom stereocenters. The van der Waals surface area contributed by atoms with Gasteiger partial charge in [0.05, 0.1) is 5.02 Å². The summed E-state index contributed by atoms with van der Waals surface area (Å²) < 4.78 is 40.1. The lowest BCUT2D eigenvalue weighted by Gasteiger charge is -2.12. The molecular weight excluding hydrogens is 287 g/mol. The lowest BCUT2D eigenvalue weighted by Crippen LogP contribution is -2.24. The van der Waals surface area contributed by atoms with Gasteiger partial charge in [-0.05, 0) is 24.6 Å². The highest BCUT2D eigenvalue weighted by atomic mass is 35.5. The van der Waals surface area contributed by atoms with E-state index in [1.165, 1.54) is 6.92 Å². The van der Waals surface area contributed by atoms with Crippen molar-refractivity contribution >= 4 is 23.5 Å². The van der Waals surface area contributed by atoms with Crippen molar-refractivity contribution in [3.05, 3.63) is 28.3 Å². The molecule has 0 bridgehead atoms. The van der Waals surface area contributed by atoms with Crippen molar-refractivity contribution < 1.29 is 22.7 Å². The summed E-state index contributed by atoms with van der Waals surface area (Å²) in [4.78, 5) is 14.8. The number of hydrogen-bond acceptors (Lipinski definition) is 2. The van der Waals surface area contributed by atoms with Gasteiger partial charge >= 0.3 is 6.36 Å². The van der Waals surface area contributed by atoms with Crippen LogP contribution in [0, 0.1) is 6.92 Å². The number of benzene rings is 1. The van der Waals surface area contributed by atoms with E-state index in [0.717, 1.165) is 12.1 Å². The maximum absolute atomic E-state index is 12.1. The van der Waals surface area contributed by atoms with E-state index in [4.69, 9.17) is 23.1 Å². The van der Waals surface area contributed by atoms with Crippen LogP contribution in [0.1, 0.15) is 15.9 Å². The van der Waals surface area contributed by atoms with Crippen molar-refractivity contribution in [1.29, 1.82) is 0 Å². The molecule has 0 aliphatic heterocycles. The SMILES string of the molecule is Cc1cc(Cl)c(OC(F)(F)F)cc1C(=O)N=C(N)N. The molecular formula is C10H9ClF3N3O2. The molecule has 4 N–H and O–H groups in total. The van der Waals surface area contributed by atoms with Crippen molar-refractivity contribution in [1.82, 2.24) is 0 Å². The Bertz CT molecular complexity index is 540. The largest absolute Gasteiger partial charge is 0.573 e. The number of aliphatic imine (C=N–C) groups is 1. The molecule has 0 aliphatic rings. The van der Waals surface area contributed by atoms with Gasteiger partial charge in [-0.25, -0.2) is 0 Å². The number of guanidine groups is 1. The van der Waals surface area contributed by atoms with Crippen LogP contribution in [0.2, 0.25) is 5.02 Å². The first kappa shape index (κ1) is 15.1. The summed E-state index contributed by atoms with van der Waals surface area (Å²) >= 11 is 5.60. The van der Waals surface area contributed by atoms with Gasteiger partial charge in [0.1, 0.15) is 5.75 Å². The Hall–Kier alpha value is -1.96. The van der Waals surface area contributed by atoms with Crippen molar-refractivity contribution in [2.24, 2.45) is 16.5 Å². The molecule has 0 saturated carbocycles. The van der Waals surface area contributed by atoms with Crippen LogP contribution in [0.3, 0.4) is 0 Å². The molecule has 1 aromatic rings. The molecule has 0 heterocycles. The third-order valence-electron chi connectivity index (χ3n) is 1.97. The second-order valence-corrected chi connectivity index (χ2v) is 3.89. The molecule has 19 heavy (non-hydrogen) atoms. The van der Waals surface area contributed by atoms with E-state index in [-0.39, 0.29) is 10.6 Å². The normalized spacial score (nSPS) is 11.0. The van der Waals surface area contributed by atoms with Crippen LogP contribution in [0.25, 0.3) is 0 Å². The van der Waals surface area contributed by atoms with E-state index in [1.807, 2.05) is 0 Å². The van der Waals surface area contributed by atoms with Gasteiger partial charge in [0.2, 0.25) is 0 Å². The van der Waals surface area contributed by atoms with Gasteiger partial charge in [0.25, 0.3) is 5.91 Å². The van der Waals surface area contributed by atoms with Gasteiger partial charge < -0.3 is 16.2 Å². The predicted molar refractivity (Wildman–Crippen MR) is 63.0 cm³/mol. The summed E-state index contributed by atoms with van der Waals surface area (Å²) in [6, 6.07) is 1.98. The van der Waals surface area contributed by atoms with Gasteiger partial charge in [-0.2, -0.15) is 4.99 Å². The van der Waals surface area contributed by atoms with E-state index in [2.05, 4.69) is 9.73 Å². The molecule has 5 nitrogen and oxygen atoms in total. The van der Waals surface area contributed by atoms with Crippen LogP contribution in [0.15, 0.2) is 17.1 Å². The molecule has 9 heteroatoms. The van der Waals surface area contributed by atoms with Gasteiger partial charge in [0, 0.05) is 5.56 Å². The number of nitrogens with two attached hydrogens (primary N) is 2. The number of nitrogens with zero attached hydrogens (tertiary/aromatic N) is 1. The Morgan fingerprint density at radius 1 is 1.37 bits per heavy atom. The Kier molecular flexibility index (Phi) is 4.25. The number of rotatable bonds is 2. The Labute approximate surface area is 111 Å². The summed E-state index contributed by atoms with van der Waals surface area (Å²) in [5.74, 6) is -2.09. The first-order valence-corrected chi connectivity index (χ1v) is 5.18. The summed E-state index contributed by atoms with van der Waals surface area (Å²) in [7, 11) is 0. The van der Waals surface area contributed by atoms with Gasteiger partial charge in [-0.15, -0.1) is 13.2 Å². The molecule has 0 saturated heterocycles. The van der Waals surface area contributed by atoms with Crippen LogP contribution in [-0.2, 0) is 0 Å². The lowest BCUT2D eigenvalue weighted by molar-refractivity contribution is -0.274. The second-order valence-electron chi connectivity index (χ2n) is 3.49. The average Bonchev–Trinajstić information content (AvgIpc) is 2.19. The molecule has 1 amide bonds. The van der Waals surface area contributed by atoms with Crippen LogP contribution < -0.4 is 16.2 Å². The van der Waals surface area contributed by atoms with Crippen LogP contribution in [-0.4, -0.2) is 18.2 Å². The summed E-state index contributed by atoms with van der Waals surface area (Å²) in [6.45, 7) is 1.47. The highest BCUT2D eigenvalue weighted by Crippen LogP contribution is 2.32. The number of hydrogen-bond donors (Lipinski definition) is 2. The quantitative estimate of drug-likeness (QED) is 0.644. The number of carbonyl (C=O) groups is 1. The van der Waals surface area contributed by atoms with Crippen molar-refractivity contribution in [2.75, 3.05) is 0 Å². The predicted octanol–water partition coefficient (Wildman–Crippen LogP) is 1.96. The van der Waals surface area contributed by atoms with Gasteiger partial charge in [-0.3, -0.25) is 4.79 Å². The third-order valence-corrected chi connectivity index (χ3v) is 2.26. The third kappa shape index (κ3) is 4.32. The molecule has 0 radical (unpaired) electrons. The molecule has 0 aromatic heterocycles. The zero-order valence-electron chi connectivity index (χ0n) is 9.58. The van der Waals surface area contributed by atoms with Crippen LogP contribution in [0.4, 0.5) is 13.2 Å². The van der Waals surface area contributed by atoms with Crippen molar-refractivity contribution in [3.8, 4) is 5.75 Å². The summed E-state index contributed by atoms with van der Waals surface area (Å²) in [5, 5.41) is -0.281. The highest BCUT2D eigenvalue weighted by molar-refractivity contribution is 6.32. The smallest absolute Gasteiger partial charge is 0.404 e. The maximum Gasteiger partial charge on any atom is 0.573 e. The molecule has 0 fully saturated rings. The Balaban J connectivity index is 3.24. The van der Waals surface area contributed by atoms with E-state index in [9.17, 15) is 18.0 Å². The standard InChI is InChI=1S/C10H9ClF3N3O2/c1-4-2-6(11)7(19-10(12,13)14)3-5(4)8(18)17-9(15)16/h2-3H,1H3,(H4,15,16,17,18). The van der Waals surface area contributed by atoms with E-state index in [1.54, 1.807) is 0 Å². The highest BCUT2D eigenvalue weighted by Gasteiger charge is 2.32. The zero-order valence-corrected chi connectivity index (χ0v) is 10.3. The Morgan fingerprint density at radius 2 is 1.95 bits per heavy atom. The van der Waals surface area contributed by atoms with Crippen molar-refractivity contribution in [3.63, 3.8) is 0 Å². The summed E-state index contributed by atoms with van der Waals surface area (Å²) in [6.07, 6.45) is -4.92. The van der Waals surface area contributed by atoms with Crippen molar-refractivity contribution in [2.45, 2.75) is 13.3 Å². The number of halogens is 4. The molecule has 0 spiro atoms. The maximum atomic E-state index is 12.1. The number of aryl methyl sites for hydroxylation is 1. The fourth-order valence-electron chi connectivity index (χ4n) is 1.26. The second kappa shape index (κ2) is 5.35. The van der Waals surface area contributed by atoms with Gasteiger partial charge in [0.15, 0.2) is 5.96 Å². The van der Waals surface area contributed by atoms with Gasteiger partial charge in [-0.1, -0.05) is 11.6 Å². The minimum Gasteiger partial charge on any atom is -0.404 e. The first-order valence-electron chi connectivity index (χ1n) is 4.80. The molecule has 0 atom stereocenters. The molecule has 1 rings (SSSR count). The lowest BCUT2D eigenvalue weighted by atomic mass is 10.1. The molecule has 104 valence electrons.